The second-order valence-electron chi connectivity index (χ2n) is 16.5. The van der Waals surface area contributed by atoms with E-state index in [1.165, 1.54) is 11.6 Å². The first-order valence-corrected chi connectivity index (χ1v) is 16.5. The monoisotopic (exact) mass is 582 g/mol. The maximum absolute atomic E-state index is 13.5. The number of carbonyl (C=O) groups excluding carboxylic acids is 1. The minimum absolute atomic E-state index is 0.0384. The van der Waals surface area contributed by atoms with E-state index >= 15 is 0 Å². The third-order valence-corrected chi connectivity index (χ3v) is 14.8. The summed E-state index contributed by atoms with van der Waals surface area (Å²) in [5, 5.41) is 11.0. The molecule has 6 heteroatoms. The van der Waals surface area contributed by atoms with Crippen molar-refractivity contribution in [1.82, 2.24) is 0 Å². The van der Waals surface area contributed by atoms with Gasteiger partial charge in [0.25, 0.3) is 0 Å². The molecule has 2 heterocycles. The van der Waals surface area contributed by atoms with Gasteiger partial charge in [0.2, 0.25) is 0 Å². The lowest BCUT2D eigenvalue weighted by atomic mass is 9.32. The Morgan fingerprint density at radius 3 is 2.33 bits per heavy atom. The Morgan fingerprint density at radius 1 is 1.02 bits per heavy atom. The van der Waals surface area contributed by atoms with E-state index in [1.807, 2.05) is 21.0 Å². The summed E-state index contributed by atoms with van der Waals surface area (Å²) in [4.78, 5) is 26.4. The highest BCUT2D eigenvalue weighted by Gasteiger charge is 2.75. The number of esters is 1. The topological polar surface area (TPSA) is 82.1 Å². The van der Waals surface area contributed by atoms with Crippen molar-refractivity contribution in [2.75, 3.05) is 13.7 Å². The minimum atomic E-state index is -1.10. The van der Waals surface area contributed by atoms with Crippen LogP contribution in [-0.2, 0) is 23.8 Å². The largest absolute Gasteiger partial charge is 0.481 e. The van der Waals surface area contributed by atoms with Crippen molar-refractivity contribution in [3.63, 3.8) is 0 Å². The van der Waals surface area contributed by atoms with Gasteiger partial charge in [-0.3, -0.25) is 4.79 Å². The summed E-state index contributed by atoms with van der Waals surface area (Å²) in [5.41, 5.74) is 1.07. The van der Waals surface area contributed by atoms with Crippen molar-refractivity contribution < 1.29 is 28.9 Å². The van der Waals surface area contributed by atoms with Gasteiger partial charge in [-0.2, -0.15) is 0 Å². The lowest BCUT2D eigenvalue weighted by molar-refractivity contribution is -0.402. The molecule has 0 aromatic heterocycles. The van der Waals surface area contributed by atoms with E-state index in [0.717, 1.165) is 50.7 Å². The lowest BCUT2D eigenvalue weighted by Gasteiger charge is -2.75. The van der Waals surface area contributed by atoms with Crippen LogP contribution in [0.1, 0.15) is 107 Å². The summed E-state index contributed by atoms with van der Waals surface area (Å²) in [5.74, 6) is -0.404. The first-order chi connectivity index (χ1) is 19.6. The molecule has 0 amide bonds. The first-order valence-electron chi connectivity index (χ1n) is 16.5. The summed E-state index contributed by atoms with van der Waals surface area (Å²) in [7, 11) is 1.82. The Morgan fingerprint density at radius 2 is 1.74 bits per heavy atom. The summed E-state index contributed by atoms with van der Waals surface area (Å²) in [6.45, 7) is 18.7. The molecular weight excluding hydrogens is 528 g/mol. The normalized spacial score (nSPS) is 50.3. The van der Waals surface area contributed by atoms with E-state index in [9.17, 15) is 14.7 Å². The molecule has 0 unspecified atom stereocenters. The van der Waals surface area contributed by atoms with Gasteiger partial charge < -0.3 is 19.3 Å². The van der Waals surface area contributed by atoms with Gasteiger partial charge in [-0.25, -0.2) is 4.79 Å². The summed E-state index contributed by atoms with van der Waals surface area (Å²) < 4.78 is 19.0. The van der Waals surface area contributed by atoms with Gasteiger partial charge in [0.15, 0.2) is 5.79 Å². The van der Waals surface area contributed by atoms with Crippen LogP contribution in [0.15, 0.2) is 23.3 Å². The van der Waals surface area contributed by atoms with E-state index in [4.69, 9.17) is 14.2 Å². The standard InChI is InChI=1S/C36H54O6/c1-21(2)18-28(37)42-27-19-22(3)23(4)29-24-10-11-26-33(8,32(24,7)14-16-35(27,29)30(38)39)13-12-25-31(5,6)36(40-9)17-15-34(25,26)20-41-36/h10,18,22-23,25-27,29H,11-17,19-20H2,1-9H3,(H,38,39)/t22-,23+,25+,26+,27-,29+,32-,33-,34-,35-,36+/m1/s1. The zero-order chi connectivity index (χ0) is 30.7. The fourth-order valence-electron chi connectivity index (χ4n) is 12.3. The van der Waals surface area contributed by atoms with Crippen molar-refractivity contribution in [3.8, 4) is 0 Å². The Hall–Kier alpha value is -1.66. The van der Waals surface area contributed by atoms with Crippen LogP contribution in [0.3, 0.4) is 0 Å². The molecule has 7 aliphatic rings. The third kappa shape index (κ3) is 3.51. The SMILES string of the molecule is CO[C@@]12CC[C@]3(CO1)[C@H]1CC=C4[C@@H]5[C@@H](C)[C@H](C)C[C@@H](OC(=O)C=C(C)C)[C@]5(C(=O)O)CC[C@@]4(C)[C@]1(C)CC[C@H]3C2(C)C. The second kappa shape index (κ2) is 9.42. The molecule has 4 saturated carbocycles. The first kappa shape index (κ1) is 30.4. The molecule has 11 atom stereocenters. The van der Waals surface area contributed by atoms with Crippen LogP contribution in [-0.4, -0.2) is 42.7 Å². The van der Waals surface area contributed by atoms with Crippen LogP contribution < -0.4 is 0 Å². The van der Waals surface area contributed by atoms with Crippen LogP contribution in [0.2, 0.25) is 0 Å². The molecule has 2 saturated heterocycles. The Bertz CT molecular complexity index is 1220. The number of carbonyl (C=O) groups is 2. The number of carboxylic acid groups (broad SMARTS) is 1. The van der Waals surface area contributed by atoms with Crippen LogP contribution in [0.25, 0.3) is 0 Å². The third-order valence-electron chi connectivity index (χ3n) is 14.8. The molecule has 42 heavy (non-hydrogen) atoms. The van der Waals surface area contributed by atoms with Gasteiger partial charge in [0.1, 0.15) is 11.5 Å². The molecule has 5 aliphatic carbocycles. The number of hydrogen-bond donors (Lipinski definition) is 1. The summed E-state index contributed by atoms with van der Waals surface area (Å²) in [6.07, 6.45) is 10.6. The summed E-state index contributed by atoms with van der Waals surface area (Å²) >= 11 is 0. The molecular formula is C36H54O6. The molecule has 1 spiro atoms. The van der Waals surface area contributed by atoms with Gasteiger partial charge >= 0.3 is 11.9 Å². The van der Waals surface area contributed by atoms with Crippen LogP contribution in [0, 0.1) is 56.7 Å². The number of aliphatic carboxylic acids is 1. The van der Waals surface area contributed by atoms with Crippen LogP contribution in [0.4, 0.5) is 0 Å². The Kier molecular flexibility index (Phi) is 6.81. The van der Waals surface area contributed by atoms with E-state index in [-0.39, 0.29) is 39.4 Å². The lowest BCUT2D eigenvalue weighted by Crippen LogP contribution is -2.74. The van der Waals surface area contributed by atoms with E-state index in [2.05, 4.69) is 47.6 Å². The second-order valence-corrected chi connectivity index (χ2v) is 16.5. The van der Waals surface area contributed by atoms with Gasteiger partial charge in [-0.05, 0) is 93.3 Å². The number of allylic oxidation sites excluding steroid dienone is 3. The predicted molar refractivity (Wildman–Crippen MR) is 161 cm³/mol. The number of carboxylic acids is 1. The minimum Gasteiger partial charge on any atom is -0.481 e. The number of methoxy groups -OCH3 is 1. The molecule has 234 valence electrons. The Balaban J connectivity index is 1.44. The van der Waals surface area contributed by atoms with Crippen molar-refractivity contribution in [2.45, 2.75) is 119 Å². The number of ether oxygens (including phenoxy) is 3. The Labute approximate surface area is 253 Å². The number of fused-ring (bicyclic) bond motifs is 7. The zero-order valence-corrected chi connectivity index (χ0v) is 27.5. The van der Waals surface area contributed by atoms with Gasteiger partial charge in [-0.15, -0.1) is 0 Å². The van der Waals surface area contributed by atoms with Crippen molar-refractivity contribution in [2.24, 2.45) is 56.7 Å². The quantitative estimate of drug-likeness (QED) is 0.209. The fourth-order valence-corrected chi connectivity index (χ4v) is 12.3. The number of hydrogen-bond acceptors (Lipinski definition) is 5. The molecule has 6 fully saturated rings. The highest BCUT2D eigenvalue weighted by Crippen LogP contribution is 2.78. The van der Waals surface area contributed by atoms with Crippen LogP contribution in [0.5, 0.6) is 0 Å². The van der Waals surface area contributed by atoms with Crippen LogP contribution >= 0.6 is 0 Å². The molecule has 2 bridgehead atoms. The maximum Gasteiger partial charge on any atom is 0.330 e. The average Bonchev–Trinajstić information content (AvgIpc) is 2.91. The maximum atomic E-state index is 13.5. The van der Waals surface area contributed by atoms with Crippen molar-refractivity contribution in [1.29, 1.82) is 0 Å². The molecule has 6 nitrogen and oxygen atoms in total. The molecule has 0 radical (unpaired) electrons. The smallest absolute Gasteiger partial charge is 0.330 e. The predicted octanol–water partition coefficient (Wildman–Crippen LogP) is 7.57. The van der Waals surface area contributed by atoms with Gasteiger partial charge in [0, 0.05) is 36.4 Å². The molecule has 0 aromatic rings. The van der Waals surface area contributed by atoms with Crippen molar-refractivity contribution >= 4 is 11.9 Å². The zero-order valence-electron chi connectivity index (χ0n) is 27.5. The molecule has 2 aliphatic heterocycles. The summed E-state index contributed by atoms with van der Waals surface area (Å²) in [6, 6.07) is 0. The molecule has 1 N–H and O–H groups in total. The fraction of sp³-hybridized carbons (Fsp3) is 0.833. The highest BCUT2D eigenvalue weighted by molar-refractivity contribution is 5.84. The van der Waals surface area contributed by atoms with E-state index in [0.29, 0.717) is 24.7 Å². The highest BCUT2D eigenvalue weighted by atomic mass is 16.7. The van der Waals surface area contributed by atoms with Gasteiger partial charge in [0.05, 0.1) is 6.61 Å². The van der Waals surface area contributed by atoms with Crippen molar-refractivity contribution in [3.05, 3.63) is 23.3 Å². The number of rotatable bonds is 4. The van der Waals surface area contributed by atoms with Gasteiger partial charge in [-0.1, -0.05) is 58.8 Å². The van der Waals surface area contributed by atoms with E-state index < -0.39 is 29.2 Å². The van der Waals surface area contributed by atoms with E-state index in [1.54, 1.807) is 0 Å². The molecule has 0 aromatic carbocycles. The molecule has 7 rings (SSSR count). The average molecular weight is 583 g/mol.